The van der Waals surface area contributed by atoms with Crippen molar-refractivity contribution in [2.24, 2.45) is 11.7 Å². The lowest BCUT2D eigenvalue weighted by atomic mass is 9.83. The van der Waals surface area contributed by atoms with Crippen molar-refractivity contribution in [1.29, 1.82) is 0 Å². The molecule has 0 aliphatic heterocycles. The van der Waals surface area contributed by atoms with Gasteiger partial charge in [-0.3, -0.25) is 0 Å². The fourth-order valence-corrected chi connectivity index (χ4v) is 2.55. The number of furan rings is 1. The summed E-state index contributed by atoms with van der Waals surface area (Å²) in [6.45, 7) is 0. The second-order valence-corrected chi connectivity index (χ2v) is 4.85. The summed E-state index contributed by atoms with van der Waals surface area (Å²) < 4.78 is 6.27. The van der Waals surface area contributed by atoms with Gasteiger partial charge in [-0.1, -0.05) is 19.3 Å². The van der Waals surface area contributed by atoms with E-state index in [1.807, 2.05) is 12.1 Å². The average molecular weight is 258 g/mol. The van der Waals surface area contributed by atoms with Crippen LogP contribution in [0.15, 0.2) is 21.2 Å². The van der Waals surface area contributed by atoms with E-state index in [1.54, 1.807) is 0 Å². The van der Waals surface area contributed by atoms with Crippen LogP contribution in [0.3, 0.4) is 0 Å². The Balaban J connectivity index is 2.03. The van der Waals surface area contributed by atoms with Crippen LogP contribution in [0.1, 0.15) is 43.9 Å². The fourth-order valence-electron chi connectivity index (χ4n) is 2.23. The Bertz CT molecular complexity index is 291. The van der Waals surface area contributed by atoms with Crippen molar-refractivity contribution >= 4 is 15.9 Å². The van der Waals surface area contributed by atoms with E-state index in [0.29, 0.717) is 5.92 Å². The van der Waals surface area contributed by atoms with Crippen LogP contribution in [0.25, 0.3) is 0 Å². The smallest absolute Gasteiger partial charge is 0.169 e. The predicted molar refractivity (Wildman–Crippen MR) is 59.9 cm³/mol. The zero-order chi connectivity index (χ0) is 9.97. The Morgan fingerprint density at radius 2 is 2.00 bits per heavy atom. The van der Waals surface area contributed by atoms with Crippen LogP contribution in [0.4, 0.5) is 0 Å². The van der Waals surface area contributed by atoms with Gasteiger partial charge in [0.2, 0.25) is 0 Å². The van der Waals surface area contributed by atoms with Gasteiger partial charge in [-0.05, 0) is 46.8 Å². The van der Waals surface area contributed by atoms with Crippen LogP contribution in [0.2, 0.25) is 0 Å². The van der Waals surface area contributed by atoms with E-state index in [4.69, 9.17) is 10.2 Å². The maximum atomic E-state index is 6.17. The van der Waals surface area contributed by atoms with Crippen LogP contribution in [-0.2, 0) is 0 Å². The van der Waals surface area contributed by atoms with Crippen molar-refractivity contribution in [2.45, 2.75) is 38.1 Å². The topological polar surface area (TPSA) is 39.2 Å². The largest absolute Gasteiger partial charge is 0.453 e. The highest BCUT2D eigenvalue weighted by molar-refractivity contribution is 9.10. The number of rotatable bonds is 2. The maximum absolute atomic E-state index is 6.17. The van der Waals surface area contributed by atoms with Crippen LogP contribution in [-0.4, -0.2) is 0 Å². The molecule has 0 aromatic carbocycles. The Morgan fingerprint density at radius 3 is 2.57 bits per heavy atom. The van der Waals surface area contributed by atoms with E-state index in [1.165, 1.54) is 32.1 Å². The highest BCUT2D eigenvalue weighted by atomic mass is 79.9. The molecular formula is C11H16BrNO. The van der Waals surface area contributed by atoms with Gasteiger partial charge >= 0.3 is 0 Å². The van der Waals surface area contributed by atoms with Crippen molar-refractivity contribution < 1.29 is 4.42 Å². The van der Waals surface area contributed by atoms with Gasteiger partial charge < -0.3 is 10.2 Å². The Hall–Kier alpha value is -0.280. The lowest BCUT2D eigenvalue weighted by molar-refractivity contribution is 0.278. The van der Waals surface area contributed by atoms with Crippen LogP contribution >= 0.6 is 15.9 Å². The molecule has 0 unspecified atom stereocenters. The second-order valence-electron chi connectivity index (χ2n) is 4.07. The van der Waals surface area contributed by atoms with E-state index in [-0.39, 0.29) is 6.04 Å². The third-order valence-corrected chi connectivity index (χ3v) is 3.51. The highest BCUT2D eigenvalue weighted by Crippen LogP contribution is 2.33. The molecule has 0 radical (unpaired) electrons. The lowest BCUT2D eigenvalue weighted by Gasteiger charge is -2.25. The summed E-state index contributed by atoms with van der Waals surface area (Å²) >= 11 is 3.30. The molecule has 0 saturated heterocycles. The van der Waals surface area contributed by atoms with Gasteiger partial charge in [-0.15, -0.1) is 0 Å². The van der Waals surface area contributed by atoms with Crippen molar-refractivity contribution in [2.75, 3.05) is 0 Å². The van der Waals surface area contributed by atoms with Crippen LogP contribution in [0, 0.1) is 5.92 Å². The van der Waals surface area contributed by atoms with Gasteiger partial charge in [-0.25, -0.2) is 0 Å². The van der Waals surface area contributed by atoms with Crippen LogP contribution in [0.5, 0.6) is 0 Å². The van der Waals surface area contributed by atoms with E-state index in [9.17, 15) is 0 Å². The summed E-state index contributed by atoms with van der Waals surface area (Å²) in [6, 6.07) is 3.98. The lowest BCUT2D eigenvalue weighted by Crippen LogP contribution is -2.22. The zero-order valence-corrected chi connectivity index (χ0v) is 9.79. The second kappa shape index (κ2) is 4.49. The van der Waals surface area contributed by atoms with Crippen molar-refractivity contribution in [3.63, 3.8) is 0 Å². The quantitative estimate of drug-likeness (QED) is 0.879. The monoisotopic (exact) mass is 257 g/mol. The predicted octanol–water partition coefficient (Wildman–Crippen LogP) is 3.62. The molecule has 1 aromatic heterocycles. The van der Waals surface area contributed by atoms with Crippen molar-refractivity contribution in [3.8, 4) is 0 Å². The summed E-state index contributed by atoms with van der Waals surface area (Å²) in [7, 11) is 0. The molecule has 1 fully saturated rings. The molecule has 1 atom stereocenters. The Kier molecular flexibility index (Phi) is 3.29. The molecular weight excluding hydrogens is 242 g/mol. The molecule has 78 valence electrons. The van der Waals surface area contributed by atoms with Gasteiger partial charge in [0.15, 0.2) is 4.67 Å². The SMILES string of the molecule is N[C@H](c1ccc(Br)o1)C1CCCCC1. The van der Waals surface area contributed by atoms with Gasteiger partial charge in [0.05, 0.1) is 6.04 Å². The summed E-state index contributed by atoms with van der Waals surface area (Å²) in [6.07, 6.45) is 6.50. The highest BCUT2D eigenvalue weighted by Gasteiger charge is 2.23. The van der Waals surface area contributed by atoms with E-state index in [0.717, 1.165) is 10.4 Å². The molecule has 2 nitrogen and oxygen atoms in total. The molecule has 0 spiro atoms. The first kappa shape index (κ1) is 10.2. The summed E-state index contributed by atoms with van der Waals surface area (Å²) in [5.41, 5.74) is 6.17. The van der Waals surface area contributed by atoms with Gasteiger partial charge in [0.25, 0.3) is 0 Å². The molecule has 2 rings (SSSR count). The molecule has 2 N–H and O–H groups in total. The first-order valence-electron chi connectivity index (χ1n) is 5.28. The van der Waals surface area contributed by atoms with E-state index in [2.05, 4.69) is 15.9 Å². The molecule has 1 saturated carbocycles. The minimum absolute atomic E-state index is 0.0848. The first-order chi connectivity index (χ1) is 6.77. The third kappa shape index (κ3) is 2.20. The molecule has 1 heterocycles. The molecule has 14 heavy (non-hydrogen) atoms. The maximum Gasteiger partial charge on any atom is 0.169 e. The number of hydrogen-bond acceptors (Lipinski definition) is 2. The van der Waals surface area contributed by atoms with Crippen LogP contribution < -0.4 is 5.73 Å². The average Bonchev–Trinajstić information content (AvgIpc) is 2.65. The van der Waals surface area contributed by atoms with Crippen molar-refractivity contribution in [3.05, 3.63) is 22.6 Å². The summed E-state index contributed by atoms with van der Waals surface area (Å²) in [5, 5.41) is 0. The molecule has 0 bridgehead atoms. The summed E-state index contributed by atoms with van der Waals surface area (Å²) in [4.78, 5) is 0. The standard InChI is InChI=1S/C11H16BrNO/c12-10-7-6-9(14-10)11(13)8-4-2-1-3-5-8/h6-8,11H,1-5,13H2/t11-/m0/s1. The Labute approximate surface area is 93.0 Å². The van der Waals surface area contributed by atoms with Gasteiger partial charge in [0, 0.05) is 0 Å². The fraction of sp³-hybridized carbons (Fsp3) is 0.636. The van der Waals surface area contributed by atoms with Gasteiger partial charge in [0.1, 0.15) is 5.76 Å². The molecule has 1 aliphatic carbocycles. The number of hydrogen-bond donors (Lipinski definition) is 1. The minimum Gasteiger partial charge on any atom is -0.453 e. The molecule has 1 aliphatic rings. The summed E-state index contributed by atoms with van der Waals surface area (Å²) in [5.74, 6) is 1.53. The normalized spacial score (nSPS) is 21.0. The minimum atomic E-state index is 0.0848. The van der Waals surface area contributed by atoms with E-state index < -0.39 is 0 Å². The number of nitrogens with two attached hydrogens (primary N) is 1. The third-order valence-electron chi connectivity index (χ3n) is 3.08. The van der Waals surface area contributed by atoms with Crippen molar-refractivity contribution in [1.82, 2.24) is 0 Å². The Morgan fingerprint density at radius 1 is 1.29 bits per heavy atom. The van der Waals surface area contributed by atoms with E-state index >= 15 is 0 Å². The molecule has 1 aromatic rings. The molecule has 3 heteroatoms. The number of halogens is 1. The molecule has 0 amide bonds. The zero-order valence-electron chi connectivity index (χ0n) is 8.21. The first-order valence-corrected chi connectivity index (χ1v) is 6.07. The van der Waals surface area contributed by atoms with Gasteiger partial charge in [-0.2, -0.15) is 0 Å².